The van der Waals surface area contributed by atoms with Gasteiger partial charge in [0, 0.05) is 10.8 Å². The van der Waals surface area contributed by atoms with E-state index in [-0.39, 0.29) is 23.6 Å². The highest BCUT2D eigenvalue weighted by atomic mass is 32.1. The molecule has 2 aromatic rings. The molecule has 1 heterocycles. The first-order valence-corrected chi connectivity index (χ1v) is 8.15. The van der Waals surface area contributed by atoms with E-state index in [1.54, 1.807) is 17.4 Å². The molecule has 2 atom stereocenters. The summed E-state index contributed by atoms with van der Waals surface area (Å²) in [5, 5.41) is 5.08. The van der Waals surface area contributed by atoms with Gasteiger partial charge in [0.05, 0.1) is 6.54 Å². The third kappa shape index (κ3) is 3.16. The molecule has 110 valence electrons. The molecule has 1 aliphatic carbocycles. The Morgan fingerprint density at radius 1 is 1.43 bits per heavy atom. The SMILES string of the molecule is CCc1ccsc1CNC(=O)[C@@H]1C[C@H]1c1cccc(F)c1. The van der Waals surface area contributed by atoms with Crippen LogP contribution in [0.15, 0.2) is 35.7 Å². The van der Waals surface area contributed by atoms with Crippen LogP contribution in [0.1, 0.15) is 35.3 Å². The lowest BCUT2D eigenvalue weighted by molar-refractivity contribution is -0.122. The molecule has 0 spiro atoms. The summed E-state index contributed by atoms with van der Waals surface area (Å²) in [7, 11) is 0. The molecule has 1 amide bonds. The minimum absolute atomic E-state index is 0.00293. The van der Waals surface area contributed by atoms with Crippen molar-refractivity contribution in [2.24, 2.45) is 5.92 Å². The minimum Gasteiger partial charge on any atom is -0.351 e. The molecule has 21 heavy (non-hydrogen) atoms. The molecule has 2 nitrogen and oxygen atoms in total. The van der Waals surface area contributed by atoms with E-state index < -0.39 is 0 Å². The number of benzene rings is 1. The van der Waals surface area contributed by atoms with Gasteiger partial charge in [-0.3, -0.25) is 4.79 Å². The zero-order valence-corrected chi connectivity index (χ0v) is 12.8. The van der Waals surface area contributed by atoms with Gasteiger partial charge in [-0.2, -0.15) is 0 Å². The van der Waals surface area contributed by atoms with Crippen LogP contribution in [-0.4, -0.2) is 5.91 Å². The molecular weight excluding hydrogens is 285 g/mol. The molecule has 1 N–H and O–H groups in total. The van der Waals surface area contributed by atoms with Crippen LogP contribution in [-0.2, 0) is 17.8 Å². The van der Waals surface area contributed by atoms with Crippen LogP contribution in [0, 0.1) is 11.7 Å². The fraction of sp³-hybridized carbons (Fsp3) is 0.353. The molecule has 3 rings (SSSR count). The zero-order valence-electron chi connectivity index (χ0n) is 11.9. The van der Waals surface area contributed by atoms with Crippen LogP contribution in [0.2, 0.25) is 0 Å². The number of hydrogen-bond acceptors (Lipinski definition) is 2. The normalized spacial score (nSPS) is 20.3. The van der Waals surface area contributed by atoms with Crippen LogP contribution in [0.5, 0.6) is 0 Å². The third-order valence-corrected chi connectivity index (χ3v) is 5.01. The molecule has 0 unspecified atom stereocenters. The van der Waals surface area contributed by atoms with Gasteiger partial charge in [-0.25, -0.2) is 4.39 Å². The lowest BCUT2D eigenvalue weighted by atomic mass is 10.1. The molecule has 1 aromatic heterocycles. The highest BCUT2D eigenvalue weighted by Gasteiger charge is 2.43. The van der Waals surface area contributed by atoms with E-state index >= 15 is 0 Å². The maximum absolute atomic E-state index is 13.2. The van der Waals surface area contributed by atoms with Crippen LogP contribution >= 0.6 is 11.3 Å². The molecular formula is C17H18FNOS. The second kappa shape index (κ2) is 5.98. The van der Waals surface area contributed by atoms with Gasteiger partial charge in [0.1, 0.15) is 5.82 Å². The molecule has 1 fully saturated rings. The first-order chi connectivity index (χ1) is 10.2. The van der Waals surface area contributed by atoms with Gasteiger partial charge in [-0.05, 0) is 53.5 Å². The maximum Gasteiger partial charge on any atom is 0.224 e. The third-order valence-electron chi connectivity index (χ3n) is 4.05. The highest BCUT2D eigenvalue weighted by molar-refractivity contribution is 7.10. The zero-order chi connectivity index (χ0) is 14.8. The van der Waals surface area contributed by atoms with Crippen LogP contribution < -0.4 is 5.32 Å². The summed E-state index contributed by atoms with van der Waals surface area (Å²) in [5.41, 5.74) is 2.23. The summed E-state index contributed by atoms with van der Waals surface area (Å²) in [6, 6.07) is 8.68. The first kappa shape index (κ1) is 14.3. The number of hydrogen-bond donors (Lipinski definition) is 1. The van der Waals surface area contributed by atoms with E-state index in [2.05, 4.69) is 23.7 Å². The van der Waals surface area contributed by atoms with E-state index in [1.807, 2.05) is 6.07 Å². The van der Waals surface area contributed by atoms with Gasteiger partial charge < -0.3 is 5.32 Å². The van der Waals surface area contributed by atoms with Crippen molar-refractivity contribution in [3.8, 4) is 0 Å². The minimum atomic E-state index is -0.232. The quantitative estimate of drug-likeness (QED) is 0.892. The number of carbonyl (C=O) groups is 1. The smallest absolute Gasteiger partial charge is 0.224 e. The van der Waals surface area contributed by atoms with Crippen molar-refractivity contribution in [2.45, 2.75) is 32.2 Å². The van der Waals surface area contributed by atoms with Gasteiger partial charge in [0.25, 0.3) is 0 Å². The lowest BCUT2D eigenvalue weighted by Crippen LogP contribution is -2.24. The number of halogens is 1. The summed E-state index contributed by atoms with van der Waals surface area (Å²) in [4.78, 5) is 13.4. The van der Waals surface area contributed by atoms with Crippen LogP contribution in [0.3, 0.4) is 0 Å². The number of carbonyl (C=O) groups excluding carboxylic acids is 1. The van der Waals surface area contributed by atoms with E-state index in [0.717, 1.165) is 18.4 Å². The average molecular weight is 303 g/mol. The van der Waals surface area contributed by atoms with Crippen molar-refractivity contribution in [3.63, 3.8) is 0 Å². The first-order valence-electron chi connectivity index (χ1n) is 7.27. The van der Waals surface area contributed by atoms with Crippen molar-refractivity contribution in [3.05, 3.63) is 57.5 Å². The number of aryl methyl sites for hydroxylation is 1. The standard InChI is InChI=1S/C17H18FNOS/c1-2-11-6-7-21-16(11)10-19-17(20)15-9-14(15)12-4-3-5-13(18)8-12/h3-8,14-15H,2,9-10H2,1H3,(H,19,20)/t14-,15+/m0/s1. The topological polar surface area (TPSA) is 29.1 Å². The summed E-state index contributed by atoms with van der Waals surface area (Å²) in [6.45, 7) is 2.72. The molecule has 1 aromatic carbocycles. The Hall–Kier alpha value is -1.68. The Bertz CT molecular complexity index is 652. The second-order valence-corrected chi connectivity index (χ2v) is 6.44. The van der Waals surface area contributed by atoms with E-state index in [4.69, 9.17) is 0 Å². The Balaban J connectivity index is 1.56. The Morgan fingerprint density at radius 2 is 2.29 bits per heavy atom. The maximum atomic E-state index is 13.2. The van der Waals surface area contributed by atoms with Crippen molar-refractivity contribution in [1.82, 2.24) is 5.32 Å². The number of thiophene rings is 1. The molecule has 0 bridgehead atoms. The van der Waals surface area contributed by atoms with Gasteiger partial charge in [0.15, 0.2) is 0 Å². The number of rotatable bonds is 5. The van der Waals surface area contributed by atoms with Gasteiger partial charge in [0.2, 0.25) is 5.91 Å². The molecule has 0 radical (unpaired) electrons. The van der Waals surface area contributed by atoms with Crippen molar-refractivity contribution in [2.75, 3.05) is 0 Å². The Kier molecular flexibility index (Phi) is 4.06. The predicted octanol–water partition coefficient (Wildman–Crippen LogP) is 3.87. The van der Waals surface area contributed by atoms with E-state index in [9.17, 15) is 9.18 Å². The van der Waals surface area contributed by atoms with E-state index in [1.165, 1.54) is 22.6 Å². The molecule has 0 saturated heterocycles. The second-order valence-electron chi connectivity index (χ2n) is 5.44. The summed E-state index contributed by atoms with van der Waals surface area (Å²) in [5.74, 6) is 0.0240. The monoisotopic (exact) mass is 303 g/mol. The summed E-state index contributed by atoms with van der Waals surface area (Å²) in [6.07, 6.45) is 1.81. The van der Waals surface area contributed by atoms with Crippen molar-refractivity contribution in [1.29, 1.82) is 0 Å². The number of amides is 1. The predicted molar refractivity (Wildman–Crippen MR) is 82.8 cm³/mol. The van der Waals surface area contributed by atoms with Gasteiger partial charge in [-0.15, -0.1) is 11.3 Å². The van der Waals surface area contributed by atoms with Crippen molar-refractivity contribution >= 4 is 17.2 Å². The van der Waals surface area contributed by atoms with Crippen molar-refractivity contribution < 1.29 is 9.18 Å². The Morgan fingerprint density at radius 3 is 3.05 bits per heavy atom. The fourth-order valence-corrected chi connectivity index (χ4v) is 3.64. The van der Waals surface area contributed by atoms with Crippen LogP contribution in [0.4, 0.5) is 4.39 Å². The Labute approximate surface area is 128 Å². The summed E-state index contributed by atoms with van der Waals surface area (Å²) < 4.78 is 13.2. The fourth-order valence-electron chi connectivity index (χ4n) is 2.73. The lowest BCUT2D eigenvalue weighted by Gasteiger charge is -2.05. The molecule has 4 heteroatoms. The molecule has 0 aliphatic heterocycles. The largest absolute Gasteiger partial charge is 0.351 e. The average Bonchev–Trinajstić information content (AvgIpc) is 3.16. The summed E-state index contributed by atoms with van der Waals surface area (Å²) >= 11 is 1.68. The van der Waals surface area contributed by atoms with Gasteiger partial charge >= 0.3 is 0 Å². The van der Waals surface area contributed by atoms with Crippen LogP contribution in [0.25, 0.3) is 0 Å². The number of nitrogens with one attached hydrogen (secondary N) is 1. The van der Waals surface area contributed by atoms with E-state index in [0.29, 0.717) is 6.54 Å². The van der Waals surface area contributed by atoms with Gasteiger partial charge in [-0.1, -0.05) is 19.1 Å². The highest BCUT2D eigenvalue weighted by Crippen LogP contribution is 2.47. The molecule has 1 aliphatic rings. The molecule has 1 saturated carbocycles.